The molecule has 3 N–H and O–H groups in total. The molecule has 24 radical (unpaired) electrons. The summed E-state index contributed by atoms with van der Waals surface area (Å²) in [6.07, 6.45) is 11.3. The fourth-order valence-electron chi connectivity index (χ4n) is 13.1. The van der Waals surface area contributed by atoms with Gasteiger partial charge in [-0.05, 0) is 50.2 Å². The maximum absolute atomic E-state index is 11.2. The van der Waals surface area contributed by atoms with Crippen LogP contribution in [0.25, 0.3) is 0 Å². The van der Waals surface area contributed by atoms with Gasteiger partial charge in [-0.1, -0.05) is 219 Å². The van der Waals surface area contributed by atoms with Crippen molar-refractivity contribution in [3.63, 3.8) is 0 Å². The van der Waals surface area contributed by atoms with Gasteiger partial charge in [0.15, 0.2) is 0 Å². The zero-order valence-electron chi connectivity index (χ0n) is 84.1. The SMILES string of the molecule is C.C.CC.CC.CC.CC.CC.CC.CC(=O)N1CC(N2CCN([C-]=O)CC2)C1.CC(C)=O.CN1CCN([C-]=O)CC1.CN1CCNCC1.CS(=O)(=O)OC1CN(C(c2ccccc2)c2ccccc2)C1.C[C-]=O.O=[C-]N1CCN(C2CN(C(c3ccccc3)c3ccccc3)C2)CC1.O=[C-]N1CCN(C2CNC2)CC1.O=[C-]N1CCNCC1.[B].[B]B([B])[B].[B][B].[B][B][B].[Y].[Y].[Y].[Y].[Y].[Y]. The molecule has 27 nitrogen and oxygen atoms in total. The van der Waals surface area contributed by atoms with Gasteiger partial charge in [0.2, 0.25) is 5.91 Å². The Hall–Kier alpha value is -0.177. The van der Waals surface area contributed by atoms with E-state index in [0.29, 0.717) is 31.2 Å². The normalized spacial score (nSPS) is 16.3. The molecule has 0 bridgehead atoms. The molecule has 10 saturated heterocycles. The Bertz CT molecular complexity index is 3270. The van der Waals surface area contributed by atoms with Crippen molar-refractivity contribution < 1.29 is 247 Å². The zero-order chi connectivity index (χ0) is 96.1. The predicted molar refractivity (Wildman–Crippen MR) is 547 cm³/mol. The van der Waals surface area contributed by atoms with E-state index in [-0.39, 0.29) is 243 Å². The number of carbonyl (C=O) groups is 2. The second-order valence-corrected chi connectivity index (χ2v) is 29.9. The number of Topliss-reactive ketones (excluding diaryl/α,β-unsaturated/α-hetero) is 1. The molecular formula is C91H158B10N16O11SY6-6. The average Bonchev–Trinajstić information content (AvgIpc) is 0.781. The van der Waals surface area contributed by atoms with E-state index in [4.69, 9.17) is 8.98 Å². The summed E-state index contributed by atoms with van der Waals surface area (Å²) >= 11 is 0. The van der Waals surface area contributed by atoms with E-state index in [2.05, 4.69) is 203 Å². The Morgan fingerprint density at radius 1 is 0.400 bits per heavy atom. The van der Waals surface area contributed by atoms with Crippen LogP contribution in [-0.2, 0) is 249 Å². The van der Waals surface area contributed by atoms with Gasteiger partial charge in [-0.15, -0.1) is 0 Å². The van der Waals surface area contributed by atoms with Crippen LogP contribution in [0.5, 0.6) is 0 Å². The molecule has 135 heavy (non-hydrogen) atoms. The first-order valence-electron chi connectivity index (χ1n) is 44.7. The van der Waals surface area contributed by atoms with E-state index in [1.165, 1.54) is 62.4 Å². The minimum atomic E-state index is -3.39. The molecule has 728 valence electrons. The molecule has 10 fully saturated rings. The molecule has 10 heterocycles. The molecule has 44 heteroatoms. The Morgan fingerprint density at radius 2 is 0.615 bits per heavy atom. The van der Waals surface area contributed by atoms with E-state index in [1.54, 1.807) is 31.4 Å². The summed E-state index contributed by atoms with van der Waals surface area (Å²) in [6.45, 7) is 59.7. The number of carbonyl (C=O) groups excluding carboxylic acids is 8. The molecule has 0 aliphatic carbocycles. The first-order chi connectivity index (χ1) is 60.9. The topological polar surface area (TPSA) is 258 Å². The van der Waals surface area contributed by atoms with Crippen LogP contribution in [0.4, 0.5) is 0 Å². The Morgan fingerprint density at radius 3 is 0.822 bits per heavy atom. The number of rotatable bonds is 16. The van der Waals surface area contributed by atoms with Crippen LogP contribution in [0, 0.1) is 0 Å². The number of nitrogens with zero attached hydrogens (tertiary/aromatic N) is 13. The third-order valence-electron chi connectivity index (χ3n) is 19.4. The van der Waals surface area contributed by atoms with Gasteiger partial charge in [0.1, 0.15) is 11.9 Å². The molecule has 4 aromatic carbocycles. The standard InChI is InChI=1S/C21H24N3O.C17H19NO3S.C10H16N3O2.C8H14N3O.C6H11N2O.C5H9N2O.C5H12N2.C3H6O.C2H3O.6C2H6.2CH4.B4.B3.B2.B.6Y/c25-17-22-11-13-23(14-12-22)20-15-24(16-20)21(18-7-3-1-4-8-18)19-9-5-2-6-10-19;1-22(19,20)21-16-12-18(13-16)17(14-8-4-2-5-9-14)15-10-6-3-7-11-15;1-9(15)13-6-10(7-13)12-4-2-11(8-14)3-5-12;12-7-10-1-3-11(4-2-10)8-5-9-6-8;1-7-2-4-8(6-9)5-3-7;8-5-7-3-1-6-2-4-7;1-7-4-2-6-3-5-7;1-3(2)4;1-2-3;6*1-2;;;1-4(2)3;1-3-2;1-2;;;;;;;/h1-10,20-21H,11-16H2;2-11,16-17H,12-13H2,1H3;10H,2-7H2,1H3;8-9H,1-6H2;2-5H2,1H3;6H,1-4H2;6H,2-5H2,1H3;1-2H3;1H3;6*1-2H3;2*1H4;;;;;;;;;;/q-1;;4*-1;;;-1;;;;;;;;;;;;;;;;;;. The number of benzene rings is 4. The Kier molecular flexibility index (Phi) is 132. The van der Waals surface area contributed by atoms with Gasteiger partial charge < -0.3 is 88.7 Å². The van der Waals surface area contributed by atoms with E-state index in [1.807, 2.05) is 156 Å². The average molecular weight is 2330 g/mol. The fourth-order valence-corrected chi connectivity index (χ4v) is 13.7. The molecule has 0 atom stereocenters. The summed E-state index contributed by atoms with van der Waals surface area (Å²) in [7, 11) is 32.8. The van der Waals surface area contributed by atoms with E-state index in [0.717, 1.165) is 203 Å². The fraction of sp³-hybridized carbons (Fsp3) is 0.648. The van der Waals surface area contributed by atoms with Gasteiger partial charge in [-0.2, -0.15) is 47.4 Å². The molecular weight excluding hydrogens is 2170 g/mol. The predicted octanol–water partition coefficient (Wildman–Crippen LogP) is 4.23. The van der Waals surface area contributed by atoms with Crippen molar-refractivity contribution in [2.75, 3.05) is 230 Å². The van der Waals surface area contributed by atoms with Crippen molar-refractivity contribution in [1.82, 2.24) is 79.6 Å². The minimum absolute atomic E-state index is 0. The Balaban J connectivity index is -0.000000114. The number of amides is 6. The van der Waals surface area contributed by atoms with Crippen LogP contribution in [-0.4, -0.2) is 452 Å². The van der Waals surface area contributed by atoms with Gasteiger partial charge in [0.05, 0.1) is 18.3 Å². The molecule has 0 saturated carbocycles. The van der Waals surface area contributed by atoms with Crippen molar-refractivity contribution in [2.45, 2.75) is 162 Å². The number of hydrogen-bond donors (Lipinski definition) is 3. The number of ketones is 1. The number of likely N-dealkylation sites (tertiary alicyclic amines) is 3. The van der Waals surface area contributed by atoms with E-state index < -0.39 is 16.5 Å². The summed E-state index contributed by atoms with van der Waals surface area (Å²) in [5.41, 5.74) is 5.11. The van der Waals surface area contributed by atoms with Crippen LogP contribution in [0.1, 0.15) is 160 Å². The maximum atomic E-state index is 11.2. The summed E-state index contributed by atoms with van der Waals surface area (Å²) in [6, 6.07) is 44.3. The third kappa shape index (κ3) is 77.9. The van der Waals surface area contributed by atoms with Crippen LogP contribution in [0.3, 0.4) is 0 Å². The molecule has 10 aliphatic heterocycles. The van der Waals surface area contributed by atoms with Gasteiger partial charge in [-0.25, -0.2) is 0 Å². The van der Waals surface area contributed by atoms with Gasteiger partial charge in [-0.3, -0.25) is 39.8 Å². The Labute approximate surface area is 985 Å². The van der Waals surface area contributed by atoms with Gasteiger partial charge >= 0.3 is 0 Å². The zero-order valence-corrected chi connectivity index (χ0v) is 102. The van der Waals surface area contributed by atoms with Crippen molar-refractivity contribution in [2.24, 2.45) is 0 Å². The quantitative estimate of drug-likeness (QED) is 0.0806. The minimum Gasteiger partial charge on any atom is -0.542 e. The van der Waals surface area contributed by atoms with Crippen molar-refractivity contribution in [3.8, 4) is 0 Å². The first-order valence-corrected chi connectivity index (χ1v) is 46.5. The summed E-state index contributed by atoms with van der Waals surface area (Å²) in [4.78, 5) is 108. The van der Waals surface area contributed by atoms with Crippen LogP contribution >= 0.6 is 0 Å². The monoisotopic (exact) mass is 2330 g/mol. The molecule has 0 aromatic heterocycles. The summed E-state index contributed by atoms with van der Waals surface area (Å²) < 4.78 is 27.5. The smallest absolute Gasteiger partial charge is 0.264 e. The molecule has 4 aromatic rings. The van der Waals surface area contributed by atoms with Gasteiger partial charge in [0.25, 0.3) is 10.1 Å². The van der Waals surface area contributed by atoms with Gasteiger partial charge in [0, 0.05) is 507 Å². The number of piperazine rings is 6. The first kappa shape index (κ1) is 163. The number of nitrogens with one attached hydrogen (secondary N) is 3. The summed E-state index contributed by atoms with van der Waals surface area (Å²) in [5, 5.41) is 9.65. The molecule has 0 unspecified atom stereocenters. The van der Waals surface area contributed by atoms with Crippen LogP contribution < -0.4 is 16.0 Å². The maximum Gasteiger partial charge on any atom is 0.264 e. The van der Waals surface area contributed by atoms with Crippen LogP contribution in [0.2, 0.25) is 0 Å². The number of hydrogen-bond acceptors (Lipinski definition) is 21. The summed E-state index contributed by atoms with van der Waals surface area (Å²) in [5.74, 6) is 0.325. The molecule has 0 spiro atoms. The van der Waals surface area contributed by atoms with Crippen molar-refractivity contribution in [1.29, 1.82) is 0 Å². The van der Waals surface area contributed by atoms with E-state index >= 15 is 0 Å². The third-order valence-corrected chi connectivity index (χ3v) is 20.1. The number of likely N-dealkylation sites (N-methyl/N-ethyl adjacent to an activating group) is 2. The van der Waals surface area contributed by atoms with Crippen molar-refractivity contribution >= 4 is 136 Å². The van der Waals surface area contributed by atoms with Crippen LogP contribution in [0.15, 0.2) is 121 Å². The molecule has 10 aliphatic rings. The molecule has 14 rings (SSSR count). The second kappa shape index (κ2) is 110. The largest absolute Gasteiger partial charge is 0.542 e. The molecule has 6 amide bonds. The second-order valence-electron chi connectivity index (χ2n) is 28.3. The van der Waals surface area contributed by atoms with Crippen molar-refractivity contribution in [3.05, 3.63) is 144 Å². The van der Waals surface area contributed by atoms with E-state index in [9.17, 15) is 42.0 Å².